The van der Waals surface area contributed by atoms with Crippen molar-refractivity contribution in [3.8, 4) is 10.6 Å². The van der Waals surface area contributed by atoms with E-state index in [1.165, 1.54) is 0 Å². The number of carbonyl (C=O) groups excluding carboxylic acids is 1. The van der Waals surface area contributed by atoms with E-state index in [2.05, 4.69) is 38.1 Å². The third-order valence-electron chi connectivity index (χ3n) is 4.35. The van der Waals surface area contributed by atoms with Gasteiger partial charge in [-0.3, -0.25) is 9.69 Å². The highest BCUT2D eigenvalue weighted by Crippen LogP contribution is 2.26. The van der Waals surface area contributed by atoms with Gasteiger partial charge in [-0.25, -0.2) is 4.98 Å². The molecular formula is C19H24BrN3O2S. The van der Waals surface area contributed by atoms with Crippen LogP contribution in [-0.2, 0) is 16.0 Å². The molecule has 5 nitrogen and oxygen atoms in total. The molecule has 0 aliphatic carbocycles. The van der Waals surface area contributed by atoms with Gasteiger partial charge in [-0.1, -0.05) is 28.1 Å². The van der Waals surface area contributed by atoms with Crippen LogP contribution in [0.1, 0.15) is 19.0 Å². The number of thiazole rings is 1. The molecule has 1 aliphatic heterocycles. The maximum Gasteiger partial charge on any atom is 0.226 e. The Bertz CT molecular complexity index is 731. The highest BCUT2D eigenvalue weighted by molar-refractivity contribution is 9.10. The van der Waals surface area contributed by atoms with Gasteiger partial charge in [0.05, 0.1) is 25.3 Å². The number of rotatable bonds is 7. The molecule has 1 unspecified atom stereocenters. The average Bonchev–Trinajstić information content (AvgIpc) is 3.09. The zero-order valence-electron chi connectivity index (χ0n) is 14.9. The van der Waals surface area contributed by atoms with E-state index in [1.54, 1.807) is 11.3 Å². The number of morpholine rings is 1. The highest BCUT2D eigenvalue weighted by atomic mass is 79.9. The molecule has 2 heterocycles. The molecule has 140 valence electrons. The fourth-order valence-corrected chi connectivity index (χ4v) is 4.12. The van der Waals surface area contributed by atoms with Crippen LogP contribution in [0, 0.1) is 0 Å². The third-order valence-corrected chi connectivity index (χ3v) is 5.79. The number of benzene rings is 1. The Labute approximate surface area is 166 Å². The molecule has 7 heteroatoms. The van der Waals surface area contributed by atoms with Crippen molar-refractivity contribution in [1.82, 2.24) is 15.2 Å². The summed E-state index contributed by atoms with van der Waals surface area (Å²) < 4.78 is 6.38. The number of hydrogen-bond donors (Lipinski definition) is 1. The molecule has 1 saturated heterocycles. The number of ether oxygens (including phenoxy) is 1. The predicted molar refractivity (Wildman–Crippen MR) is 108 cm³/mol. The Morgan fingerprint density at radius 3 is 3.00 bits per heavy atom. The molecule has 1 N–H and O–H groups in total. The second kappa shape index (κ2) is 9.60. The van der Waals surface area contributed by atoms with E-state index in [1.807, 2.05) is 29.6 Å². The Balaban J connectivity index is 1.45. The summed E-state index contributed by atoms with van der Waals surface area (Å²) in [4.78, 5) is 19.3. The van der Waals surface area contributed by atoms with E-state index in [9.17, 15) is 4.79 Å². The van der Waals surface area contributed by atoms with Gasteiger partial charge in [0.1, 0.15) is 5.01 Å². The van der Waals surface area contributed by atoms with Gasteiger partial charge < -0.3 is 10.1 Å². The topological polar surface area (TPSA) is 54.5 Å². The van der Waals surface area contributed by atoms with Crippen LogP contribution in [0.2, 0.25) is 0 Å². The molecule has 1 aliphatic rings. The fraction of sp³-hybridized carbons (Fsp3) is 0.474. The maximum absolute atomic E-state index is 12.3. The molecule has 0 bridgehead atoms. The third kappa shape index (κ3) is 5.87. The Morgan fingerprint density at radius 2 is 2.23 bits per heavy atom. The largest absolute Gasteiger partial charge is 0.379 e. The van der Waals surface area contributed by atoms with Gasteiger partial charge in [-0.05, 0) is 25.5 Å². The monoisotopic (exact) mass is 437 g/mol. The summed E-state index contributed by atoms with van der Waals surface area (Å²) >= 11 is 5.05. The van der Waals surface area contributed by atoms with E-state index in [0.717, 1.165) is 60.0 Å². The number of aromatic nitrogens is 1. The number of nitrogens with zero attached hydrogens (tertiary/aromatic N) is 2. The predicted octanol–water partition coefficient (Wildman–Crippen LogP) is 3.34. The van der Waals surface area contributed by atoms with Crippen LogP contribution in [0.25, 0.3) is 10.6 Å². The second-order valence-electron chi connectivity index (χ2n) is 6.54. The van der Waals surface area contributed by atoms with Gasteiger partial charge in [-0.2, -0.15) is 0 Å². The number of halogens is 1. The van der Waals surface area contributed by atoms with E-state index in [0.29, 0.717) is 6.42 Å². The first-order chi connectivity index (χ1) is 12.6. The summed E-state index contributed by atoms with van der Waals surface area (Å²) in [6.45, 7) is 6.65. The van der Waals surface area contributed by atoms with Crippen LogP contribution >= 0.6 is 27.3 Å². The summed E-state index contributed by atoms with van der Waals surface area (Å²) in [6.07, 6.45) is 1.28. The molecule has 0 spiro atoms. The molecule has 0 saturated carbocycles. The molecule has 1 aromatic carbocycles. The summed E-state index contributed by atoms with van der Waals surface area (Å²) in [6, 6.07) is 8.21. The number of carbonyl (C=O) groups is 1. The van der Waals surface area contributed by atoms with Crippen LogP contribution in [0.15, 0.2) is 34.1 Å². The lowest BCUT2D eigenvalue weighted by atomic mass is 10.2. The van der Waals surface area contributed by atoms with Gasteiger partial charge in [0.15, 0.2) is 0 Å². The Morgan fingerprint density at radius 1 is 1.42 bits per heavy atom. The molecular weight excluding hydrogens is 414 g/mol. The lowest BCUT2D eigenvalue weighted by molar-refractivity contribution is -0.121. The fourth-order valence-electron chi connectivity index (χ4n) is 2.91. The first-order valence-corrected chi connectivity index (χ1v) is 10.6. The average molecular weight is 438 g/mol. The standard InChI is InChI=1S/C19H24BrN3O2S/c1-14(5-6-23-7-9-25-10-8-23)21-18(24)12-17-13-26-19(22-17)15-3-2-4-16(20)11-15/h2-4,11,13-14H,5-10,12H2,1H3,(H,21,24). The van der Waals surface area contributed by atoms with Gasteiger partial charge in [0, 0.05) is 41.1 Å². The van der Waals surface area contributed by atoms with Crippen molar-refractivity contribution < 1.29 is 9.53 Å². The van der Waals surface area contributed by atoms with E-state index < -0.39 is 0 Å². The van der Waals surface area contributed by atoms with Crippen LogP contribution in [0.3, 0.4) is 0 Å². The van der Waals surface area contributed by atoms with Crippen LogP contribution in [0.4, 0.5) is 0 Å². The smallest absolute Gasteiger partial charge is 0.226 e. The molecule has 1 atom stereocenters. The summed E-state index contributed by atoms with van der Waals surface area (Å²) in [5.41, 5.74) is 1.89. The minimum atomic E-state index is 0.0329. The minimum Gasteiger partial charge on any atom is -0.379 e. The molecule has 2 aromatic rings. The Hall–Kier alpha value is -1.28. The normalized spacial score (nSPS) is 16.4. The van der Waals surface area contributed by atoms with Gasteiger partial charge in [-0.15, -0.1) is 11.3 Å². The SMILES string of the molecule is CC(CCN1CCOCC1)NC(=O)Cc1csc(-c2cccc(Br)c2)n1. The van der Waals surface area contributed by atoms with Crippen molar-refractivity contribution >= 4 is 33.2 Å². The number of nitrogens with one attached hydrogen (secondary N) is 1. The van der Waals surface area contributed by atoms with E-state index >= 15 is 0 Å². The molecule has 3 rings (SSSR count). The van der Waals surface area contributed by atoms with Crippen LogP contribution < -0.4 is 5.32 Å². The summed E-state index contributed by atoms with van der Waals surface area (Å²) in [5.74, 6) is 0.0329. The lowest BCUT2D eigenvalue weighted by Gasteiger charge is -2.27. The van der Waals surface area contributed by atoms with E-state index in [4.69, 9.17) is 4.74 Å². The first kappa shape index (κ1) is 19.5. The maximum atomic E-state index is 12.3. The van der Waals surface area contributed by atoms with Crippen LogP contribution in [-0.4, -0.2) is 54.7 Å². The van der Waals surface area contributed by atoms with Crippen molar-refractivity contribution in [3.05, 3.63) is 39.8 Å². The minimum absolute atomic E-state index is 0.0329. The van der Waals surface area contributed by atoms with Gasteiger partial charge in [0.25, 0.3) is 0 Å². The lowest BCUT2D eigenvalue weighted by Crippen LogP contribution is -2.40. The summed E-state index contributed by atoms with van der Waals surface area (Å²) in [7, 11) is 0. The Kier molecular flexibility index (Phi) is 7.19. The van der Waals surface area contributed by atoms with Crippen molar-refractivity contribution in [2.24, 2.45) is 0 Å². The number of hydrogen-bond acceptors (Lipinski definition) is 5. The van der Waals surface area contributed by atoms with Crippen LogP contribution in [0.5, 0.6) is 0 Å². The van der Waals surface area contributed by atoms with Gasteiger partial charge in [0.2, 0.25) is 5.91 Å². The molecule has 26 heavy (non-hydrogen) atoms. The highest BCUT2D eigenvalue weighted by Gasteiger charge is 2.14. The van der Waals surface area contributed by atoms with Gasteiger partial charge >= 0.3 is 0 Å². The number of amides is 1. The van der Waals surface area contributed by atoms with Crippen molar-refractivity contribution in [2.75, 3.05) is 32.8 Å². The molecule has 1 fully saturated rings. The molecule has 0 radical (unpaired) electrons. The first-order valence-electron chi connectivity index (χ1n) is 8.90. The second-order valence-corrected chi connectivity index (χ2v) is 8.32. The van der Waals surface area contributed by atoms with Crippen molar-refractivity contribution in [2.45, 2.75) is 25.8 Å². The summed E-state index contributed by atoms with van der Waals surface area (Å²) in [5, 5.41) is 5.99. The molecule has 1 amide bonds. The van der Waals surface area contributed by atoms with E-state index in [-0.39, 0.29) is 11.9 Å². The zero-order valence-corrected chi connectivity index (χ0v) is 17.3. The molecule has 1 aromatic heterocycles. The van der Waals surface area contributed by atoms with Crippen molar-refractivity contribution in [3.63, 3.8) is 0 Å². The van der Waals surface area contributed by atoms with Crippen molar-refractivity contribution in [1.29, 1.82) is 0 Å². The zero-order chi connectivity index (χ0) is 18.4. The quantitative estimate of drug-likeness (QED) is 0.721.